The van der Waals surface area contributed by atoms with Crippen LogP contribution >= 0.6 is 0 Å². The average molecular weight is 313 g/mol. The Morgan fingerprint density at radius 2 is 2.09 bits per heavy atom. The molecule has 2 aromatic rings. The molecule has 0 bridgehead atoms. The number of rotatable bonds is 5. The minimum atomic E-state index is 0.790. The van der Waals surface area contributed by atoms with E-state index in [9.17, 15) is 0 Å². The Bertz CT molecular complexity index is 676. The highest BCUT2D eigenvalue weighted by Crippen LogP contribution is 2.28. The Labute approximate surface area is 138 Å². The van der Waals surface area contributed by atoms with Gasteiger partial charge < -0.3 is 4.90 Å². The lowest BCUT2D eigenvalue weighted by atomic mass is 10.0. The lowest BCUT2D eigenvalue weighted by Crippen LogP contribution is -2.22. The zero-order valence-electron chi connectivity index (χ0n) is 14.7. The van der Waals surface area contributed by atoms with Gasteiger partial charge in [-0.15, -0.1) is 0 Å². The Balaban J connectivity index is 1.88. The second-order valence-corrected chi connectivity index (χ2v) is 6.49. The SMILES string of the molecule is CCCC1CCN(c2nccc(-c3c(C)nn(CC)c3C)n2)C1. The van der Waals surface area contributed by atoms with Crippen molar-refractivity contribution in [3.05, 3.63) is 23.7 Å². The lowest BCUT2D eigenvalue weighted by Gasteiger charge is -2.17. The van der Waals surface area contributed by atoms with Crippen LogP contribution in [-0.4, -0.2) is 32.8 Å². The summed E-state index contributed by atoms with van der Waals surface area (Å²) in [4.78, 5) is 11.7. The number of aromatic nitrogens is 4. The molecule has 0 aliphatic carbocycles. The number of nitrogens with zero attached hydrogens (tertiary/aromatic N) is 5. The molecule has 5 nitrogen and oxygen atoms in total. The van der Waals surface area contributed by atoms with Crippen LogP contribution in [0.15, 0.2) is 12.3 Å². The van der Waals surface area contributed by atoms with Crippen molar-refractivity contribution in [3.8, 4) is 11.3 Å². The van der Waals surface area contributed by atoms with Gasteiger partial charge in [-0.2, -0.15) is 5.10 Å². The molecule has 1 aliphatic rings. The second-order valence-electron chi connectivity index (χ2n) is 6.49. The van der Waals surface area contributed by atoms with Crippen molar-refractivity contribution in [1.82, 2.24) is 19.7 Å². The molecule has 5 heteroatoms. The third kappa shape index (κ3) is 3.09. The molecule has 0 amide bonds. The average Bonchev–Trinajstić information content (AvgIpc) is 3.12. The molecule has 1 atom stereocenters. The number of hydrogen-bond acceptors (Lipinski definition) is 4. The summed E-state index contributed by atoms with van der Waals surface area (Å²) in [5.41, 5.74) is 4.36. The minimum Gasteiger partial charge on any atom is -0.341 e. The van der Waals surface area contributed by atoms with Crippen LogP contribution in [0.25, 0.3) is 11.3 Å². The normalized spacial score (nSPS) is 17.9. The monoisotopic (exact) mass is 313 g/mol. The highest BCUT2D eigenvalue weighted by Gasteiger charge is 2.24. The zero-order valence-corrected chi connectivity index (χ0v) is 14.7. The predicted octanol–water partition coefficient (Wildman–Crippen LogP) is 3.60. The summed E-state index contributed by atoms with van der Waals surface area (Å²) in [7, 11) is 0. The largest absolute Gasteiger partial charge is 0.341 e. The van der Waals surface area contributed by atoms with E-state index in [4.69, 9.17) is 4.98 Å². The van der Waals surface area contributed by atoms with Gasteiger partial charge in [-0.1, -0.05) is 13.3 Å². The Morgan fingerprint density at radius 3 is 2.78 bits per heavy atom. The van der Waals surface area contributed by atoms with Crippen molar-refractivity contribution in [3.63, 3.8) is 0 Å². The fourth-order valence-corrected chi connectivity index (χ4v) is 3.67. The van der Waals surface area contributed by atoms with Gasteiger partial charge in [0, 0.05) is 37.1 Å². The third-order valence-electron chi connectivity index (χ3n) is 4.85. The maximum Gasteiger partial charge on any atom is 0.225 e. The molecule has 2 aromatic heterocycles. The molecule has 1 unspecified atom stereocenters. The van der Waals surface area contributed by atoms with E-state index in [1.807, 2.05) is 16.9 Å². The molecule has 23 heavy (non-hydrogen) atoms. The van der Waals surface area contributed by atoms with Crippen LogP contribution in [0, 0.1) is 19.8 Å². The van der Waals surface area contributed by atoms with Crippen molar-refractivity contribution in [2.75, 3.05) is 18.0 Å². The van der Waals surface area contributed by atoms with E-state index in [2.05, 4.69) is 42.7 Å². The second kappa shape index (κ2) is 6.69. The Hall–Kier alpha value is -1.91. The first kappa shape index (κ1) is 16.0. The van der Waals surface area contributed by atoms with E-state index >= 15 is 0 Å². The first-order valence-corrected chi connectivity index (χ1v) is 8.76. The fraction of sp³-hybridized carbons (Fsp3) is 0.611. The van der Waals surface area contributed by atoms with Crippen molar-refractivity contribution < 1.29 is 0 Å². The summed E-state index contributed by atoms with van der Waals surface area (Å²) < 4.78 is 2.04. The minimum absolute atomic E-state index is 0.790. The molecule has 3 heterocycles. The van der Waals surface area contributed by atoms with Gasteiger partial charge in [0.1, 0.15) is 0 Å². The molecule has 0 saturated carbocycles. The van der Waals surface area contributed by atoms with E-state index < -0.39 is 0 Å². The third-order valence-corrected chi connectivity index (χ3v) is 4.85. The fourth-order valence-electron chi connectivity index (χ4n) is 3.67. The summed E-state index contributed by atoms with van der Waals surface area (Å²) in [5.74, 6) is 1.66. The quantitative estimate of drug-likeness (QED) is 0.846. The van der Waals surface area contributed by atoms with Gasteiger partial charge in [-0.05, 0) is 45.6 Å². The van der Waals surface area contributed by atoms with E-state index in [0.29, 0.717) is 0 Å². The highest BCUT2D eigenvalue weighted by atomic mass is 15.3. The molecule has 0 aromatic carbocycles. The molecular weight excluding hydrogens is 286 g/mol. The van der Waals surface area contributed by atoms with Gasteiger partial charge in [0.25, 0.3) is 0 Å². The molecule has 1 saturated heterocycles. The highest BCUT2D eigenvalue weighted by molar-refractivity contribution is 5.65. The van der Waals surface area contributed by atoms with Crippen LogP contribution in [0.1, 0.15) is 44.5 Å². The molecule has 3 rings (SSSR count). The van der Waals surface area contributed by atoms with Gasteiger partial charge in [0.05, 0.1) is 11.4 Å². The number of anilines is 1. The molecule has 0 spiro atoms. The maximum absolute atomic E-state index is 4.85. The van der Waals surface area contributed by atoms with Gasteiger partial charge in [0.2, 0.25) is 5.95 Å². The van der Waals surface area contributed by atoms with Gasteiger partial charge in [0.15, 0.2) is 0 Å². The van der Waals surface area contributed by atoms with Crippen molar-refractivity contribution in [2.24, 2.45) is 5.92 Å². The topological polar surface area (TPSA) is 46.8 Å². The molecule has 1 fully saturated rings. The molecule has 1 aliphatic heterocycles. The zero-order chi connectivity index (χ0) is 16.4. The van der Waals surface area contributed by atoms with Gasteiger partial charge >= 0.3 is 0 Å². The van der Waals surface area contributed by atoms with Crippen LogP contribution < -0.4 is 4.90 Å². The lowest BCUT2D eigenvalue weighted by molar-refractivity contribution is 0.529. The summed E-state index contributed by atoms with van der Waals surface area (Å²) in [6.07, 6.45) is 5.70. The number of aryl methyl sites for hydroxylation is 2. The first-order chi connectivity index (χ1) is 11.1. The van der Waals surface area contributed by atoms with Crippen molar-refractivity contribution in [1.29, 1.82) is 0 Å². The predicted molar refractivity (Wildman–Crippen MR) is 93.6 cm³/mol. The first-order valence-electron chi connectivity index (χ1n) is 8.76. The van der Waals surface area contributed by atoms with E-state index in [1.54, 1.807) is 0 Å². The van der Waals surface area contributed by atoms with Crippen LogP contribution in [0.4, 0.5) is 5.95 Å². The summed E-state index contributed by atoms with van der Waals surface area (Å²) in [6.45, 7) is 11.6. The van der Waals surface area contributed by atoms with Gasteiger partial charge in [-0.3, -0.25) is 4.68 Å². The molecular formula is C18H27N5. The van der Waals surface area contributed by atoms with Crippen LogP contribution in [-0.2, 0) is 6.54 Å². The van der Waals surface area contributed by atoms with Crippen LogP contribution in [0.2, 0.25) is 0 Å². The Morgan fingerprint density at radius 1 is 1.26 bits per heavy atom. The van der Waals surface area contributed by atoms with Crippen molar-refractivity contribution >= 4 is 5.95 Å². The summed E-state index contributed by atoms with van der Waals surface area (Å²) >= 11 is 0. The van der Waals surface area contributed by atoms with Crippen LogP contribution in [0.3, 0.4) is 0 Å². The molecule has 124 valence electrons. The van der Waals surface area contributed by atoms with E-state index in [-0.39, 0.29) is 0 Å². The van der Waals surface area contributed by atoms with Crippen LogP contribution in [0.5, 0.6) is 0 Å². The van der Waals surface area contributed by atoms with E-state index in [0.717, 1.165) is 48.5 Å². The van der Waals surface area contributed by atoms with E-state index in [1.165, 1.54) is 25.0 Å². The summed E-state index contributed by atoms with van der Waals surface area (Å²) in [6, 6.07) is 2.00. The maximum atomic E-state index is 4.85. The standard InChI is InChI=1S/C18H27N5/c1-5-7-15-9-11-22(12-15)18-19-10-8-16(20-18)17-13(3)21-23(6-2)14(17)4/h8,10,15H,5-7,9,11-12H2,1-4H3. The Kier molecular flexibility index (Phi) is 4.64. The number of hydrogen-bond donors (Lipinski definition) is 0. The smallest absolute Gasteiger partial charge is 0.225 e. The van der Waals surface area contributed by atoms with Gasteiger partial charge in [-0.25, -0.2) is 9.97 Å². The molecule has 0 N–H and O–H groups in total. The van der Waals surface area contributed by atoms with Crippen molar-refractivity contribution in [2.45, 2.75) is 53.5 Å². The molecule has 0 radical (unpaired) electrons. The summed E-state index contributed by atoms with van der Waals surface area (Å²) in [5, 5.41) is 4.61.